The van der Waals surface area contributed by atoms with Crippen molar-refractivity contribution in [3.8, 4) is 0 Å². The highest BCUT2D eigenvalue weighted by atomic mass is 19.4. The van der Waals surface area contributed by atoms with Gasteiger partial charge in [0.1, 0.15) is 0 Å². The fraction of sp³-hybridized carbons (Fsp3) is 0.600. The number of hydrogen-bond acceptors (Lipinski definition) is 3. The van der Waals surface area contributed by atoms with E-state index < -0.39 is 11.7 Å². The molecule has 120 valence electrons. The first-order valence-corrected chi connectivity index (χ1v) is 6.89. The van der Waals surface area contributed by atoms with Gasteiger partial charge in [-0.15, -0.1) is 0 Å². The SMILES string of the molecule is CC1CNCCN1Cc1ccc(C(F)(F)F)cc1.COC. The first-order chi connectivity index (χ1) is 9.88. The molecule has 0 spiro atoms. The van der Waals surface area contributed by atoms with Gasteiger partial charge in [-0.05, 0) is 24.6 Å². The highest BCUT2D eigenvalue weighted by molar-refractivity contribution is 5.24. The molecule has 1 aliphatic rings. The van der Waals surface area contributed by atoms with Crippen LogP contribution in [0.25, 0.3) is 0 Å². The number of nitrogens with zero attached hydrogens (tertiary/aromatic N) is 1. The molecule has 1 N–H and O–H groups in total. The number of rotatable bonds is 2. The highest BCUT2D eigenvalue weighted by Crippen LogP contribution is 2.29. The zero-order chi connectivity index (χ0) is 15.9. The molecular formula is C15H23F3N2O. The fourth-order valence-electron chi connectivity index (χ4n) is 2.15. The van der Waals surface area contributed by atoms with Crippen LogP contribution in [0.3, 0.4) is 0 Å². The quantitative estimate of drug-likeness (QED) is 0.909. The van der Waals surface area contributed by atoms with Crippen molar-refractivity contribution in [3.05, 3.63) is 35.4 Å². The van der Waals surface area contributed by atoms with Gasteiger partial charge in [0.15, 0.2) is 0 Å². The van der Waals surface area contributed by atoms with Crippen LogP contribution in [0.1, 0.15) is 18.1 Å². The molecule has 1 atom stereocenters. The van der Waals surface area contributed by atoms with Crippen LogP contribution in [0.4, 0.5) is 13.2 Å². The third-order valence-electron chi connectivity index (χ3n) is 3.31. The molecule has 2 rings (SSSR count). The molecule has 0 aliphatic carbocycles. The minimum atomic E-state index is -4.25. The van der Waals surface area contributed by atoms with E-state index >= 15 is 0 Å². The van der Waals surface area contributed by atoms with Crippen LogP contribution in [0.5, 0.6) is 0 Å². The smallest absolute Gasteiger partial charge is 0.388 e. The first kappa shape index (κ1) is 17.9. The van der Waals surface area contributed by atoms with Gasteiger partial charge in [-0.3, -0.25) is 4.90 Å². The summed E-state index contributed by atoms with van der Waals surface area (Å²) in [5, 5.41) is 3.29. The Balaban J connectivity index is 0.000000677. The van der Waals surface area contributed by atoms with Gasteiger partial charge in [-0.2, -0.15) is 13.2 Å². The summed E-state index contributed by atoms with van der Waals surface area (Å²) >= 11 is 0. The van der Waals surface area contributed by atoms with E-state index in [0.29, 0.717) is 12.6 Å². The largest absolute Gasteiger partial charge is 0.416 e. The Morgan fingerprint density at radius 2 is 1.81 bits per heavy atom. The topological polar surface area (TPSA) is 24.5 Å². The Morgan fingerprint density at radius 1 is 1.24 bits per heavy atom. The van der Waals surface area contributed by atoms with Crippen molar-refractivity contribution in [1.29, 1.82) is 0 Å². The normalized spacial score (nSPS) is 19.8. The maximum Gasteiger partial charge on any atom is 0.416 e. The van der Waals surface area contributed by atoms with Gasteiger partial charge in [0.2, 0.25) is 0 Å². The Bertz CT molecular complexity index is 406. The van der Waals surface area contributed by atoms with Crippen molar-refractivity contribution in [1.82, 2.24) is 10.2 Å². The average molecular weight is 304 g/mol. The molecule has 1 aromatic rings. The zero-order valence-corrected chi connectivity index (χ0v) is 12.7. The minimum absolute atomic E-state index is 0.418. The fourth-order valence-corrected chi connectivity index (χ4v) is 2.15. The summed E-state index contributed by atoms with van der Waals surface area (Å²) in [7, 11) is 3.25. The van der Waals surface area contributed by atoms with E-state index in [4.69, 9.17) is 0 Å². The second-order valence-corrected chi connectivity index (χ2v) is 5.13. The summed E-state index contributed by atoms with van der Waals surface area (Å²) < 4.78 is 41.5. The van der Waals surface area contributed by atoms with Crippen LogP contribution in [-0.4, -0.2) is 44.8 Å². The molecule has 1 aromatic carbocycles. The molecule has 6 heteroatoms. The van der Waals surface area contributed by atoms with Crippen molar-refractivity contribution in [2.75, 3.05) is 33.9 Å². The summed E-state index contributed by atoms with van der Waals surface area (Å²) in [5.74, 6) is 0. The Labute approximate surface area is 124 Å². The van der Waals surface area contributed by atoms with Gasteiger partial charge in [-0.25, -0.2) is 0 Å². The summed E-state index contributed by atoms with van der Waals surface area (Å²) in [5.41, 5.74) is 0.344. The van der Waals surface area contributed by atoms with Crippen molar-refractivity contribution in [3.63, 3.8) is 0 Å². The van der Waals surface area contributed by atoms with E-state index in [2.05, 4.69) is 21.9 Å². The van der Waals surface area contributed by atoms with E-state index in [-0.39, 0.29) is 0 Å². The van der Waals surface area contributed by atoms with Crippen molar-refractivity contribution >= 4 is 0 Å². The lowest BCUT2D eigenvalue weighted by atomic mass is 10.1. The Hall–Kier alpha value is -1.11. The Morgan fingerprint density at radius 3 is 2.29 bits per heavy atom. The summed E-state index contributed by atoms with van der Waals surface area (Å²) in [6.07, 6.45) is -4.25. The Kier molecular flexibility index (Phi) is 7.14. The van der Waals surface area contributed by atoms with Gasteiger partial charge in [0.05, 0.1) is 5.56 Å². The van der Waals surface area contributed by atoms with Crippen LogP contribution in [0.15, 0.2) is 24.3 Å². The van der Waals surface area contributed by atoms with Gasteiger partial charge in [0.25, 0.3) is 0 Å². The van der Waals surface area contributed by atoms with Crippen LogP contribution in [-0.2, 0) is 17.5 Å². The van der Waals surface area contributed by atoms with E-state index in [1.54, 1.807) is 26.4 Å². The van der Waals surface area contributed by atoms with Crippen molar-refractivity contribution in [2.24, 2.45) is 0 Å². The molecule has 21 heavy (non-hydrogen) atoms. The van der Waals surface area contributed by atoms with E-state index in [1.807, 2.05) is 0 Å². The third kappa shape index (κ3) is 6.03. The zero-order valence-electron chi connectivity index (χ0n) is 12.7. The molecule has 1 fully saturated rings. The minimum Gasteiger partial charge on any atom is -0.388 e. The van der Waals surface area contributed by atoms with Gasteiger partial charge in [0, 0.05) is 46.4 Å². The lowest BCUT2D eigenvalue weighted by molar-refractivity contribution is -0.137. The number of piperazine rings is 1. The molecule has 1 aliphatic heterocycles. The molecule has 0 saturated carbocycles. The maximum atomic E-state index is 12.4. The summed E-state index contributed by atoms with van der Waals surface area (Å²) in [6, 6.07) is 5.86. The molecule has 0 radical (unpaired) electrons. The number of methoxy groups -OCH3 is 1. The predicted molar refractivity (Wildman–Crippen MR) is 77.1 cm³/mol. The third-order valence-corrected chi connectivity index (χ3v) is 3.31. The van der Waals surface area contributed by atoms with Crippen LogP contribution in [0, 0.1) is 0 Å². The second kappa shape index (κ2) is 8.36. The molecule has 1 unspecified atom stereocenters. The molecule has 0 aromatic heterocycles. The molecule has 0 amide bonds. The van der Waals surface area contributed by atoms with Gasteiger partial charge >= 0.3 is 6.18 Å². The van der Waals surface area contributed by atoms with E-state index in [1.165, 1.54) is 0 Å². The standard InChI is InChI=1S/C13H17F3N2.C2H6O/c1-10-8-17-6-7-18(10)9-11-2-4-12(5-3-11)13(14,15)16;1-3-2/h2-5,10,17H,6-9H2,1H3;1-2H3. The first-order valence-electron chi connectivity index (χ1n) is 6.89. The average Bonchev–Trinajstić information content (AvgIpc) is 2.42. The molecular weight excluding hydrogens is 281 g/mol. The van der Waals surface area contributed by atoms with E-state index in [9.17, 15) is 13.2 Å². The lowest BCUT2D eigenvalue weighted by Gasteiger charge is -2.33. The number of halogens is 3. The summed E-state index contributed by atoms with van der Waals surface area (Å²) in [4.78, 5) is 2.28. The van der Waals surface area contributed by atoms with Crippen molar-refractivity contribution < 1.29 is 17.9 Å². The van der Waals surface area contributed by atoms with Crippen LogP contribution in [0.2, 0.25) is 0 Å². The number of hydrogen-bond donors (Lipinski definition) is 1. The van der Waals surface area contributed by atoms with E-state index in [0.717, 1.165) is 37.3 Å². The number of nitrogens with one attached hydrogen (secondary N) is 1. The number of benzene rings is 1. The van der Waals surface area contributed by atoms with Gasteiger partial charge < -0.3 is 10.1 Å². The number of ether oxygens (including phenoxy) is 1. The molecule has 1 heterocycles. The van der Waals surface area contributed by atoms with Crippen molar-refractivity contribution in [2.45, 2.75) is 25.7 Å². The highest BCUT2D eigenvalue weighted by Gasteiger charge is 2.30. The molecule has 0 bridgehead atoms. The lowest BCUT2D eigenvalue weighted by Crippen LogP contribution is -2.49. The maximum absolute atomic E-state index is 12.4. The second-order valence-electron chi connectivity index (χ2n) is 5.13. The van der Waals surface area contributed by atoms with Gasteiger partial charge in [-0.1, -0.05) is 12.1 Å². The summed E-state index contributed by atoms with van der Waals surface area (Å²) in [6.45, 7) is 5.63. The molecule has 3 nitrogen and oxygen atoms in total. The monoisotopic (exact) mass is 304 g/mol. The predicted octanol–water partition coefficient (Wildman–Crippen LogP) is 2.76. The number of alkyl halides is 3. The van der Waals surface area contributed by atoms with Crippen LogP contribution >= 0.6 is 0 Å². The molecule has 1 saturated heterocycles. The van der Waals surface area contributed by atoms with Crippen LogP contribution < -0.4 is 5.32 Å².